The van der Waals surface area contributed by atoms with Crippen LogP contribution in [-0.4, -0.2) is 304 Å². The summed E-state index contributed by atoms with van der Waals surface area (Å²) in [6.07, 6.45) is -53.3. The van der Waals surface area contributed by atoms with Crippen molar-refractivity contribution in [3.63, 3.8) is 0 Å². The molecule has 24 N–H and O–H groups in total. The Kier molecular flexibility index (Phi) is 26.7. The minimum atomic E-state index is -2.78. The topological polar surface area (TPSA) is 578 Å². The van der Waals surface area contributed by atoms with Gasteiger partial charge in [-0.2, -0.15) is 0 Å². The number of rotatable bonds is 12. The zero-order chi connectivity index (χ0) is 59.3. The molecule has 0 amide bonds. The third kappa shape index (κ3) is 16.8. The second-order valence-electron chi connectivity index (χ2n) is 18.9. The van der Waals surface area contributed by atoms with Gasteiger partial charge in [0, 0.05) is 39.1 Å². The van der Waals surface area contributed by atoms with Crippen molar-refractivity contribution in [1.82, 2.24) is 0 Å². The van der Waals surface area contributed by atoms with Gasteiger partial charge >= 0.3 is 0 Å². The maximum Gasteiger partial charge on any atom is 0.218 e. The maximum atomic E-state index is 11.3. The van der Waals surface area contributed by atoms with Gasteiger partial charge in [-0.05, 0) is 18.8 Å². The van der Waals surface area contributed by atoms with Crippen LogP contribution in [-0.2, 0) is 47.4 Å². The molecule has 3 saturated heterocycles. The predicted molar refractivity (Wildman–Crippen MR) is 250 cm³/mol. The molecule has 460 valence electrons. The lowest BCUT2D eigenvalue weighted by Gasteiger charge is -2.43. The quantitative estimate of drug-likeness (QED) is 0.0863. The molecule has 3 fully saturated rings. The van der Waals surface area contributed by atoms with Crippen molar-refractivity contribution in [1.29, 1.82) is 0 Å². The highest BCUT2D eigenvalue weighted by Crippen LogP contribution is 2.34. The van der Waals surface area contributed by atoms with Crippen LogP contribution in [0.2, 0.25) is 0 Å². The number of hydrogen-bond acceptors (Lipinski definition) is 34. The summed E-state index contributed by atoms with van der Waals surface area (Å²) in [5, 5.41) is 258. The average molecular weight is 1160 g/mol. The van der Waals surface area contributed by atoms with Crippen LogP contribution < -0.4 is 0 Å². The van der Waals surface area contributed by atoms with Gasteiger partial charge in [-0.3, -0.25) is 0 Å². The molecule has 0 saturated carbocycles. The second kappa shape index (κ2) is 31.1. The summed E-state index contributed by atoms with van der Waals surface area (Å²) >= 11 is 0. The van der Waals surface area contributed by atoms with Crippen molar-refractivity contribution in [3.05, 3.63) is 46.1 Å². The third-order valence-corrected chi connectivity index (χ3v) is 12.9. The predicted octanol–water partition coefficient (Wildman–Crippen LogP) is -6.82. The van der Waals surface area contributed by atoms with E-state index in [4.69, 9.17) is 47.4 Å². The summed E-state index contributed by atoms with van der Waals surface area (Å²) in [7, 11) is 0. The van der Waals surface area contributed by atoms with Gasteiger partial charge in [0.2, 0.25) is 25.2 Å². The van der Waals surface area contributed by atoms with Crippen molar-refractivity contribution in [2.24, 2.45) is 5.92 Å². The minimum absolute atomic E-state index is 0.156. The molecule has 7 heterocycles. The van der Waals surface area contributed by atoms with E-state index in [9.17, 15) is 123 Å². The van der Waals surface area contributed by atoms with Gasteiger partial charge in [-0.15, -0.1) is 0 Å². The van der Waals surface area contributed by atoms with Crippen LogP contribution in [0, 0.1) is 5.92 Å². The lowest BCUT2D eigenvalue weighted by atomic mass is 9.98. The highest BCUT2D eigenvalue weighted by molar-refractivity contribution is 5.13. The summed E-state index contributed by atoms with van der Waals surface area (Å²) in [6.45, 7) is -2.70. The molecule has 7 rings (SSSR count). The van der Waals surface area contributed by atoms with Crippen molar-refractivity contribution < 1.29 is 170 Å². The Hall–Kier alpha value is -3.68. The molecule has 0 aromatic rings. The van der Waals surface area contributed by atoms with Crippen LogP contribution in [0.3, 0.4) is 0 Å². The molecular weight excluding hydrogens is 1080 g/mol. The van der Waals surface area contributed by atoms with E-state index in [1.165, 1.54) is 0 Å². The van der Waals surface area contributed by atoms with Gasteiger partial charge in [0.1, 0.15) is 97.7 Å². The van der Waals surface area contributed by atoms with Crippen LogP contribution in [0.15, 0.2) is 46.1 Å². The molecular formula is C45H76O34. The summed E-state index contributed by atoms with van der Waals surface area (Å²) in [5.74, 6) is -11.8. The molecule has 0 aliphatic carbocycles. The number of aliphatic hydroxyl groups excluding tert-OH is 24. The highest BCUT2D eigenvalue weighted by Gasteiger charge is 2.52. The van der Waals surface area contributed by atoms with E-state index in [1.54, 1.807) is 13.8 Å². The van der Waals surface area contributed by atoms with E-state index in [-0.39, 0.29) is 18.8 Å². The third-order valence-electron chi connectivity index (χ3n) is 12.9. The van der Waals surface area contributed by atoms with E-state index in [0.717, 1.165) is 0 Å². The number of aliphatic hydroxyl groups is 24. The molecule has 7 aliphatic rings. The number of hydrogen-bond donors (Lipinski definition) is 24. The fraction of sp³-hybridized carbons (Fsp3) is 0.822. The summed E-state index contributed by atoms with van der Waals surface area (Å²) < 4.78 is 54.2. The SMILES string of the molecule is CC(C)CCC1OC2OC(CO)C(OC(O)/C(O)=C(/O)C(CCO)OC(O)/C(O)=C(\O)C(CCO)OC3OC(CO)C(OC(O)/C(O)=C(\O)C(CCO)OC4OC(CO)C(OC(O)/C(O)=C\1O)C(O)C4O)C(O)C3O)C(O)C2O. The van der Waals surface area contributed by atoms with E-state index in [1.807, 2.05) is 0 Å². The molecule has 23 unspecified atom stereocenters. The van der Waals surface area contributed by atoms with E-state index < -0.39 is 247 Å². The Morgan fingerprint density at radius 2 is 0.544 bits per heavy atom. The summed E-state index contributed by atoms with van der Waals surface area (Å²) in [6, 6.07) is 0. The Labute approximate surface area is 448 Å². The van der Waals surface area contributed by atoms with Gasteiger partial charge in [0.15, 0.2) is 64.9 Å². The Morgan fingerprint density at radius 3 is 0.785 bits per heavy atom. The summed E-state index contributed by atoms with van der Waals surface area (Å²) in [5.41, 5.74) is 0. The van der Waals surface area contributed by atoms with Gasteiger partial charge in [0.05, 0.1) is 19.8 Å². The Morgan fingerprint density at radius 1 is 0.304 bits per heavy atom. The van der Waals surface area contributed by atoms with E-state index in [2.05, 4.69) is 0 Å². The normalized spacial score (nSPS) is 44.7. The molecule has 0 spiro atoms. The zero-order valence-electron chi connectivity index (χ0n) is 42.5. The summed E-state index contributed by atoms with van der Waals surface area (Å²) in [4.78, 5) is 0. The first kappa shape index (κ1) is 67.8. The number of ether oxygens (including phenoxy) is 10. The Balaban J connectivity index is 1.81. The van der Waals surface area contributed by atoms with Crippen molar-refractivity contribution in [2.45, 2.75) is 188 Å². The fourth-order valence-corrected chi connectivity index (χ4v) is 8.42. The molecule has 0 radical (unpaired) electrons. The minimum Gasteiger partial charge on any atom is -0.506 e. The molecule has 0 aromatic heterocycles. The van der Waals surface area contributed by atoms with Gasteiger partial charge < -0.3 is 170 Å². The van der Waals surface area contributed by atoms with Gasteiger partial charge in [0.25, 0.3) is 0 Å². The van der Waals surface area contributed by atoms with Crippen LogP contribution in [0.5, 0.6) is 0 Å². The lowest BCUT2D eigenvalue weighted by molar-refractivity contribution is -0.332. The maximum absolute atomic E-state index is 11.3. The van der Waals surface area contributed by atoms with Crippen molar-refractivity contribution >= 4 is 0 Å². The largest absolute Gasteiger partial charge is 0.506 e. The molecule has 7 aliphatic heterocycles. The van der Waals surface area contributed by atoms with Crippen LogP contribution in [0.1, 0.15) is 46.0 Å². The van der Waals surface area contributed by atoms with Crippen LogP contribution in [0.25, 0.3) is 0 Å². The molecule has 23 atom stereocenters. The monoisotopic (exact) mass is 1160 g/mol. The standard InChI is InChI=1S/C45H76O34/c1-14(2)3-4-15-22(52)30(60)40(67)77-37-20(12-50)76-45(35(65)27(37)57)73-18(7-10-48)25(55)32(62)42(69)79-38-21(13-51)75-44(34(64)28(38)58)72-17(6-9-47)24(54)29(59)39(66)70-16(5-8-46)23(53)31(61)41(68)78-36-19(11-49)74-43(71-15)33(63)26(36)56/h14-21,26-28,33-69H,3-13H2,1-2H3/b29-24+,30-22-,31-23-,32-25+. The molecule has 6 bridgehead atoms. The van der Waals surface area contributed by atoms with Crippen molar-refractivity contribution in [2.75, 3.05) is 39.6 Å². The average Bonchev–Trinajstić information content (AvgIpc) is 3.44. The van der Waals surface area contributed by atoms with E-state index in [0.29, 0.717) is 0 Å². The second-order valence-corrected chi connectivity index (χ2v) is 18.9. The first-order chi connectivity index (χ1) is 37.2. The van der Waals surface area contributed by atoms with Crippen LogP contribution >= 0.6 is 0 Å². The first-order valence-electron chi connectivity index (χ1n) is 24.7. The smallest absolute Gasteiger partial charge is 0.218 e. The zero-order valence-corrected chi connectivity index (χ0v) is 42.5. The van der Waals surface area contributed by atoms with Crippen molar-refractivity contribution in [3.8, 4) is 0 Å². The van der Waals surface area contributed by atoms with E-state index >= 15 is 0 Å². The molecule has 34 heteroatoms. The van der Waals surface area contributed by atoms with Gasteiger partial charge in [-0.1, -0.05) is 13.8 Å². The van der Waals surface area contributed by atoms with Gasteiger partial charge in [-0.25, -0.2) is 0 Å². The lowest BCUT2D eigenvalue weighted by Crippen LogP contribution is -2.61. The first-order valence-corrected chi connectivity index (χ1v) is 24.7. The Bertz CT molecular complexity index is 1980. The molecule has 0 aromatic carbocycles. The fourth-order valence-electron chi connectivity index (χ4n) is 8.42. The molecule has 79 heavy (non-hydrogen) atoms. The highest BCUT2D eigenvalue weighted by atomic mass is 16.7. The van der Waals surface area contributed by atoms with Crippen LogP contribution in [0.4, 0.5) is 0 Å². The molecule has 34 nitrogen and oxygen atoms in total. The number of fused-ring (bicyclic) bond motifs is 3.